The second-order valence-electron chi connectivity index (χ2n) is 7.22. The van der Waals surface area contributed by atoms with Crippen molar-refractivity contribution in [3.05, 3.63) is 106 Å². The Morgan fingerprint density at radius 3 is 2.32 bits per heavy atom. The van der Waals surface area contributed by atoms with Gasteiger partial charge in [-0.2, -0.15) is 0 Å². The van der Waals surface area contributed by atoms with Crippen molar-refractivity contribution < 1.29 is 13.2 Å². The molecule has 0 aliphatic heterocycles. The monoisotopic (exact) mass is 416 g/mol. The maximum atomic E-state index is 14.5. The molecule has 4 aromatic rings. The SMILES string of the molecule is CCc1cnc(CCc2ccc(C#Cc3ccc4c(F)c(F)ccc4c3)c(F)c2)nc1. The van der Waals surface area contributed by atoms with Crippen LogP contribution in [0.5, 0.6) is 0 Å². The van der Waals surface area contributed by atoms with Crippen molar-refractivity contribution in [3.8, 4) is 11.8 Å². The Morgan fingerprint density at radius 2 is 1.58 bits per heavy atom. The predicted octanol–water partition coefficient (Wildman–Crippen LogP) is 5.79. The molecule has 2 nitrogen and oxygen atoms in total. The van der Waals surface area contributed by atoms with Gasteiger partial charge in [-0.1, -0.05) is 37.0 Å². The molecule has 0 aliphatic rings. The number of rotatable bonds is 4. The first-order chi connectivity index (χ1) is 15.0. The van der Waals surface area contributed by atoms with Crippen molar-refractivity contribution >= 4 is 10.8 Å². The van der Waals surface area contributed by atoms with Crippen LogP contribution in [-0.2, 0) is 19.3 Å². The van der Waals surface area contributed by atoms with Gasteiger partial charge in [0.2, 0.25) is 0 Å². The highest BCUT2D eigenvalue weighted by Gasteiger charge is 2.07. The van der Waals surface area contributed by atoms with Gasteiger partial charge in [-0.25, -0.2) is 23.1 Å². The van der Waals surface area contributed by atoms with Gasteiger partial charge in [-0.3, -0.25) is 0 Å². The van der Waals surface area contributed by atoms with Crippen LogP contribution in [0, 0.1) is 29.3 Å². The van der Waals surface area contributed by atoms with E-state index in [2.05, 4.69) is 21.8 Å². The molecule has 0 atom stereocenters. The molecular formula is C26H19F3N2. The molecule has 0 unspecified atom stereocenters. The number of nitrogens with zero attached hydrogens (tertiary/aromatic N) is 2. The highest BCUT2D eigenvalue weighted by atomic mass is 19.2. The molecule has 3 aromatic carbocycles. The van der Waals surface area contributed by atoms with E-state index >= 15 is 0 Å². The minimum absolute atomic E-state index is 0.189. The summed E-state index contributed by atoms with van der Waals surface area (Å²) in [6.45, 7) is 2.05. The number of hydrogen-bond acceptors (Lipinski definition) is 2. The second kappa shape index (κ2) is 9.01. The standard InChI is InChI=1S/C26H19F3N2/c1-2-17-15-30-25(31-16-17)12-6-19-4-8-20(24(28)14-19)7-3-18-5-10-22-21(13-18)9-11-23(27)26(22)29/h4-5,8-11,13-16H,2,6,12H2,1H3. The molecule has 5 heteroatoms. The van der Waals surface area contributed by atoms with E-state index in [0.717, 1.165) is 29.4 Å². The summed E-state index contributed by atoms with van der Waals surface area (Å²) in [6, 6.07) is 12.3. The zero-order chi connectivity index (χ0) is 21.8. The summed E-state index contributed by atoms with van der Waals surface area (Å²) in [5, 5.41) is 0.727. The average Bonchev–Trinajstić information content (AvgIpc) is 2.80. The zero-order valence-corrected chi connectivity index (χ0v) is 16.9. The third kappa shape index (κ3) is 4.75. The minimum atomic E-state index is -0.891. The molecule has 0 spiro atoms. The topological polar surface area (TPSA) is 25.8 Å². The molecular weight excluding hydrogens is 397 g/mol. The summed E-state index contributed by atoms with van der Waals surface area (Å²) in [6.07, 6.45) is 5.78. The van der Waals surface area contributed by atoms with Crippen LogP contribution in [0.25, 0.3) is 10.8 Å². The summed E-state index contributed by atoms with van der Waals surface area (Å²) in [5.74, 6) is 4.26. The molecule has 1 aromatic heterocycles. The summed E-state index contributed by atoms with van der Waals surface area (Å²) in [7, 11) is 0. The van der Waals surface area contributed by atoms with Crippen LogP contribution in [0.2, 0.25) is 0 Å². The van der Waals surface area contributed by atoms with Crippen LogP contribution in [0.3, 0.4) is 0 Å². The minimum Gasteiger partial charge on any atom is -0.241 e. The van der Waals surface area contributed by atoms with Gasteiger partial charge in [-0.05, 0) is 59.7 Å². The first-order valence-corrected chi connectivity index (χ1v) is 10.0. The normalized spacial score (nSPS) is 10.7. The Morgan fingerprint density at radius 1 is 0.774 bits per heavy atom. The Balaban J connectivity index is 1.48. The van der Waals surface area contributed by atoms with E-state index in [9.17, 15) is 13.2 Å². The molecule has 0 amide bonds. The van der Waals surface area contributed by atoms with Crippen LogP contribution in [0.15, 0.2) is 60.9 Å². The van der Waals surface area contributed by atoms with Gasteiger partial charge < -0.3 is 0 Å². The van der Waals surface area contributed by atoms with E-state index in [1.54, 1.807) is 18.2 Å². The lowest BCUT2D eigenvalue weighted by Crippen LogP contribution is -1.99. The maximum absolute atomic E-state index is 14.5. The smallest absolute Gasteiger partial charge is 0.166 e. The summed E-state index contributed by atoms with van der Waals surface area (Å²) < 4.78 is 41.6. The number of fused-ring (bicyclic) bond motifs is 1. The van der Waals surface area contributed by atoms with Gasteiger partial charge in [0.25, 0.3) is 0 Å². The largest absolute Gasteiger partial charge is 0.241 e. The third-order valence-corrected chi connectivity index (χ3v) is 5.09. The molecule has 154 valence electrons. The predicted molar refractivity (Wildman–Crippen MR) is 115 cm³/mol. The fourth-order valence-corrected chi connectivity index (χ4v) is 3.25. The fourth-order valence-electron chi connectivity index (χ4n) is 3.25. The Labute approximate surface area is 178 Å². The van der Waals surface area contributed by atoms with Crippen molar-refractivity contribution in [1.82, 2.24) is 9.97 Å². The van der Waals surface area contributed by atoms with Gasteiger partial charge >= 0.3 is 0 Å². The van der Waals surface area contributed by atoms with Crippen molar-refractivity contribution in [2.75, 3.05) is 0 Å². The number of aryl methyl sites for hydroxylation is 3. The summed E-state index contributed by atoms with van der Waals surface area (Å²) >= 11 is 0. The quantitative estimate of drug-likeness (QED) is 0.393. The van der Waals surface area contributed by atoms with E-state index in [4.69, 9.17) is 0 Å². The van der Waals surface area contributed by atoms with Gasteiger partial charge in [0.1, 0.15) is 11.6 Å². The Kier molecular flexibility index (Phi) is 5.99. The highest BCUT2D eigenvalue weighted by Crippen LogP contribution is 2.21. The van der Waals surface area contributed by atoms with Gasteiger partial charge in [-0.15, -0.1) is 0 Å². The number of benzene rings is 3. The van der Waals surface area contributed by atoms with Crippen molar-refractivity contribution in [2.45, 2.75) is 26.2 Å². The lowest BCUT2D eigenvalue weighted by atomic mass is 10.0. The molecule has 0 bridgehead atoms. The number of hydrogen-bond donors (Lipinski definition) is 0. The first kappa shape index (κ1) is 20.6. The van der Waals surface area contributed by atoms with Gasteiger partial charge in [0, 0.05) is 29.8 Å². The lowest BCUT2D eigenvalue weighted by Gasteiger charge is -2.04. The van der Waals surface area contributed by atoms with Crippen LogP contribution >= 0.6 is 0 Å². The van der Waals surface area contributed by atoms with Gasteiger partial charge in [0.15, 0.2) is 11.6 Å². The van der Waals surface area contributed by atoms with E-state index in [1.807, 2.05) is 25.4 Å². The summed E-state index contributed by atoms with van der Waals surface area (Å²) in [5.41, 5.74) is 2.79. The molecule has 4 rings (SSSR count). The van der Waals surface area contributed by atoms with Crippen molar-refractivity contribution in [1.29, 1.82) is 0 Å². The molecule has 0 radical (unpaired) electrons. The summed E-state index contributed by atoms with van der Waals surface area (Å²) in [4.78, 5) is 8.66. The fraction of sp³-hybridized carbons (Fsp3) is 0.154. The van der Waals surface area contributed by atoms with E-state index in [0.29, 0.717) is 23.8 Å². The number of halogens is 3. The molecule has 0 N–H and O–H groups in total. The molecule has 0 saturated heterocycles. The van der Waals surface area contributed by atoms with Crippen LogP contribution in [0.1, 0.15) is 35.0 Å². The molecule has 0 fully saturated rings. The molecule has 31 heavy (non-hydrogen) atoms. The highest BCUT2D eigenvalue weighted by molar-refractivity contribution is 5.84. The third-order valence-electron chi connectivity index (χ3n) is 5.09. The molecule has 1 heterocycles. The molecule has 0 aliphatic carbocycles. The molecule has 0 saturated carbocycles. The van der Waals surface area contributed by atoms with Crippen LogP contribution < -0.4 is 0 Å². The van der Waals surface area contributed by atoms with E-state index in [-0.39, 0.29) is 10.9 Å². The first-order valence-electron chi connectivity index (χ1n) is 10.0. The lowest BCUT2D eigenvalue weighted by molar-refractivity contribution is 0.517. The van der Waals surface area contributed by atoms with Crippen molar-refractivity contribution in [3.63, 3.8) is 0 Å². The average molecular weight is 416 g/mol. The maximum Gasteiger partial charge on any atom is 0.166 e. The second-order valence-corrected chi connectivity index (χ2v) is 7.22. The van der Waals surface area contributed by atoms with Crippen LogP contribution in [-0.4, -0.2) is 9.97 Å². The van der Waals surface area contributed by atoms with Crippen molar-refractivity contribution in [2.24, 2.45) is 0 Å². The van der Waals surface area contributed by atoms with E-state index in [1.165, 1.54) is 18.2 Å². The Bertz CT molecular complexity index is 1300. The number of aromatic nitrogens is 2. The zero-order valence-electron chi connectivity index (χ0n) is 16.9. The van der Waals surface area contributed by atoms with Crippen LogP contribution in [0.4, 0.5) is 13.2 Å². The Hall–Kier alpha value is -3.65. The van der Waals surface area contributed by atoms with E-state index < -0.39 is 17.5 Å². The van der Waals surface area contributed by atoms with Gasteiger partial charge in [0.05, 0.1) is 5.56 Å².